The Morgan fingerprint density at radius 1 is 1.40 bits per heavy atom. The molecule has 2 bridgehead atoms. The van der Waals surface area contributed by atoms with E-state index in [1.807, 2.05) is 0 Å². The molecule has 1 aromatic rings. The molecule has 3 saturated carbocycles. The number of hydrogen-bond acceptors (Lipinski definition) is 3. The summed E-state index contributed by atoms with van der Waals surface area (Å²) in [7, 11) is 0. The van der Waals surface area contributed by atoms with Crippen LogP contribution in [0.2, 0.25) is 0 Å². The fraction of sp³-hybridized carbons (Fsp3) is 0.538. The number of fused-ring (bicyclic) bond motifs is 1. The van der Waals surface area contributed by atoms with Crippen molar-refractivity contribution in [2.24, 2.45) is 11.3 Å². The molecular formula is C13H13F3N2O2. The molecule has 0 spiro atoms. The van der Waals surface area contributed by atoms with Gasteiger partial charge in [0.15, 0.2) is 0 Å². The van der Waals surface area contributed by atoms with E-state index in [1.54, 1.807) is 0 Å². The quantitative estimate of drug-likeness (QED) is 0.928. The summed E-state index contributed by atoms with van der Waals surface area (Å²) in [5.41, 5.74) is -0.270. The van der Waals surface area contributed by atoms with Gasteiger partial charge in [-0.15, -0.1) is 13.2 Å². The van der Waals surface area contributed by atoms with Crippen molar-refractivity contribution in [3.8, 4) is 5.75 Å². The number of nitrogens with one attached hydrogen (secondary N) is 1. The van der Waals surface area contributed by atoms with Gasteiger partial charge in [-0.25, -0.2) is 4.98 Å². The molecule has 7 heteroatoms. The zero-order chi connectivity index (χ0) is 14.4. The molecule has 108 valence electrons. The van der Waals surface area contributed by atoms with Crippen molar-refractivity contribution < 1.29 is 22.7 Å². The zero-order valence-corrected chi connectivity index (χ0v) is 10.5. The molecule has 3 aliphatic carbocycles. The van der Waals surface area contributed by atoms with E-state index in [9.17, 15) is 18.0 Å². The number of anilines is 1. The summed E-state index contributed by atoms with van der Waals surface area (Å²) in [4.78, 5) is 15.9. The van der Waals surface area contributed by atoms with Crippen LogP contribution in [0.5, 0.6) is 5.75 Å². The third-order valence-electron chi connectivity index (χ3n) is 4.08. The average molecular weight is 286 g/mol. The SMILES string of the molecule is O=C(Nc1ccc(OC(F)(F)F)cn1)C12CCC(C1)C2. The first kappa shape index (κ1) is 13.2. The number of rotatable bonds is 3. The summed E-state index contributed by atoms with van der Waals surface area (Å²) in [6, 6.07) is 2.44. The van der Waals surface area contributed by atoms with Gasteiger partial charge in [0.2, 0.25) is 5.91 Å². The molecule has 3 aliphatic rings. The fourth-order valence-electron chi connectivity index (χ4n) is 3.13. The van der Waals surface area contributed by atoms with Crippen LogP contribution in [-0.2, 0) is 4.79 Å². The molecule has 0 aromatic carbocycles. The Balaban J connectivity index is 1.62. The maximum atomic E-state index is 12.1. The van der Waals surface area contributed by atoms with Crippen LogP contribution in [0.3, 0.4) is 0 Å². The second-order valence-corrected chi connectivity index (χ2v) is 5.47. The van der Waals surface area contributed by atoms with Crippen LogP contribution in [0.25, 0.3) is 0 Å². The highest BCUT2D eigenvalue weighted by Crippen LogP contribution is 2.59. The Morgan fingerprint density at radius 2 is 2.15 bits per heavy atom. The summed E-state index contributed by atoms with van der Waals surface area (Å²) in [5.74, 6) is 0.423. The minimum absolute atomic E-state index is 0.0803. The average Bonchev–Trinajstić information content (AvgIpc) is 2.89. The molecule has 0 aliphatic heterocycles. The molecule has 3 fully saturated rings. The van der Waals surface area contributed by atoms with Crippen LogP contribution in [0.1, 0.15) is 25.7 Å². The van der Waals surface area contributed by atoms with Gasteiger partial charge in [0.1, 0.15) is 11.6 Å². The zero-order valence-electron chi connectivity index (χ0n) is 10.5. The van der Waals surface area contributed by atoms with Crippen molar-refractivity contribution in [2.75, 3.05) is 5.32 Å². The lowest BCUT2D eigenvalue weighted by Crippen LogP contribution is -2.40. The van der Waals surface area contributed by atoms with Crippen LogP contribution >= 0.6 is 0 Å². The van der Waals surface area contributed by atoms with E-state index in [1.165, 1.54) is 6.07 Å². The molecular weight excluding hydrogens is 273 g/mol. The maximum absolute atomic E-state index is 12.1. The van der Waals surface area contributed by atoms with Crippen molar-refractivity contribution in [3.63, 3.8) is 0 Å². The molecule has 4 rings (SSSR count). The summed E-state index contributed by atoms with van der Waals surface area (Å²) in [5, 5.41) is 2.67. The number of amides is 1. The number of halogens is 3. The molecule has 0 radical (unpaired) electrons. The second-order valence-electron chi connectivity index (χ2n) is 5.47. The molecule has 0 saturated heterocycles. The van der Waals surface area contributed by atoms with E-state index in [4.69, 9.17) is 0 Å². The van der Waals surface area contributed by atoms with E-state index >= 15 is 0 Å². The Kier molecular flexibility index (Phi) is 2.88. The van der Waals surface area contributed by atoms with Gasteiger partial charge in [0.05, 0.1) is 11.6 Å². The molecule has 20 heavy (non-hydrogen) atoms. The molecule has 0 atom stereocenters. The predicted octanol–water partition coefficient (Wildman–Crippen LogP) is 3.11. The third kappa shape index (κ3) is 2.44. The maximum Gasteiger partial charge on any atom is 0.573 e. The lowest BCUT2D eigenvalue weighted by Gasteiger charge is -2.36. The number of carbonyl (C=O) groups excluding carboxylic acids is 1. The predicted molar refractivity (Wildman–Crippen MR) is 63.9 cm³/mol. The van der Waals surface area contributed by atoms with E-state index in [2.05, 4.69) is 15.0 Å². The van der Waals surface area contributed by atoms with Crippen molar-refractivity contribution in [1.82, 2.24) is 4.98 Å². The van der Waals surface area contributed by atoms with Crippen LogP contribution < -0.4 is 10.1 Å². The lowest BCUT2D eigenvalue weighted by atomic mass is 9.69. The van der Waals surface area contributed by atoms with Crippen molar-refractivity contribution in [3.05, 3.63) is 18.3 Å². The first-order chi connectivity index (χ1) is 9.36. The van der Waals surface area contributed by atoms with E-state index < -0.39 is 12.1 Å². The number of carbonyl (C=O) groups is 1. The molecule has 4 nitrogen and oxygen atoms in total. The lowest BCUT2D eigenvalue weighted by molar-refractivity contribution is -0.274. The molecule has 1 heterocycles. The largest absolute Gasteiger partial charge is 0.573 e. The third-order valence-corrected chi connectivity index (χ3v) is 4.08. The summed E-state index contributed by atoms with van der Waals surface area (Å²) >= 11 is 0. The number of pyridine rings is 1. The summed E-state index contributed by atoms with van der Waals surface area (Å²) in [6.45, 7) is 0. The number of hydrogen-bond donors (Lipinski definition) is 1. The molecule has 1 aromatic heterocycles. The number of ether oxygens (including phenoxy) is 1. The Morgan fingerprint density at radius 3 is 2.65 bits per heavy atom. The standard InChI is InChI=1S/C13H13F3N2O2/c14-13(15,16)20-9-1-2-10(17-7-9)18-11(19)12-4-3-8(5-12)6-12/h1-2,7-8H,3-6H2,(H,17,18,19). The van der Waals surface area contributed by atoms with Crippen LogP contribution in [0.15, 0.2) is 18.3 Å². The Labute approximate surface area is 113 Å². The van der Waals surface area contributed by atoms with Crippen molar-refractivity contribution in [2.45, 2.75) is 32.0 Å². The molecule has 1 amide bonds. The van der Waals surface area contributed by atoms with Gasteiger partial charge in [-0.1, -0.05) is 0 Å². The highest BCUT2D eigenvalue weighted by atomic mass is 19.4. The van der Waals surface area contributed by atoms with E-state index in [0.29, 0.717) is 5.92 Å². The van der Waals surface area contributed by atoms with Gasteiger partial charge >= 0.3 is 6.36 Å². The van der Waals surface area contributed by atoms with Crippen molar-refractivity contribution >= 4 is 11.7 Å². The Hall–Kier alpha value is -1.79. The van der Waals surface area contributed by atoms with Crippen LogP contribution in [0, 0.1) is 11.3 Å². The molecule has 0 unspecified atom stereocenters. The van der Waals surface area contributed by atoms with E-state index in [-0.39, 0.29) is 17.1 Å². The first-order valence-electron chi connectivity index (χ1n) is 6.40. The van der Waals surface area contributed by atoms with Gasteiger partial charge in [-0.05, 0) is 43.7 Å². The minimum atomic E-state index is -4.74. The van der Waals surface area contributed by atoms with Gasteiger partial charge < -0.3 is 10.1 Å². The van der Waals surface area contributed by atoms with Gasteiger partial charge in [0.25, 0.3) is 0 Å². The van der Waals surface area contributed by atoms with Gasteiger partial charge in [-0.2, -0.15) is 0 Å². The fourth-order valence-corrected chi connectivity index (χ4v) is 3.13. The minimum Gasteiger partial charge on any atom is -0.404 e. The topological polar surface area (TPSA) is 51.2 Å². The number of nitrogens with zero attached hydrogens (tertiary/aromatic N) is 1. The highest BCUT2D eigenvalue weighted by molar-refractivity contribution is 5.95. The summed E-state index contributed by atoms with van der Waals surface area (Å²) < 4.78 is 39.7. The normalized spacial score (nSPS) is 27.9. The van der Waals surface area contributed by atoms with Crippen LogP contribution in [0.4, 0.5) is 19.0 Å². The number of alkyl halides is 3. The van der Waals surface area contributed by atoms with E-state index in [0.717, 1.165) is 37.9 Å². The Bertz CT molecular complexity index is 516. The van der Waals surface area contributed by atoms with Gasteiger partial charge in [0, 0.05) is 0 Å². The summed E-state index contributed by atoms with van der Waals surface area (Å²) in [6.07, 6.45) is -0.00459. The number of aromatic nitrogens is 1. The first-order valence-corrected chi connectivity index (χ1v) is 6.40. The van der Waals surface area contributed by atoms with Crippen LogP contribution in [-0.4, -0.2) is 17.3 Å². The smallest absolute Gasteiger partial charge is 0.404 e. The molecule has 1 N–H and O–H groups in total. The monoisotopic (exact) mass is 286 g/mol. The second kappa shape index (κ2) is 4.36. The van der Waals surface area contributed by atoms with Gasteiger partial charge in [-0.3, -0.25) is 4.79 Å². The van der Waals surface area contributed by atoms with Crippen molar-refractivity contribution in [1.29, 1.82) is 0 Å². The highest BCUT2D eigenvalue weighted by Gasteiger charge is 2.55.